The van der Waals surface area contributed by atoms with Gasteiger partial charge in [0.2, 0.25) is 10.0 Å². The summed E-state index contributed by atoms with van der Waals surface area (Å²) in [5, 5.41) is 4.69. The largest absolute Gasteiger partial charge is 0.360 e. The number of sulfonamides is 1. The Bertz CT molecular complexity index is 1160. The molecule has 1 aromatic carbocycles. The lowest BCUT2D eigenvalue weighted by Crippen LogP contribution is -2.42. The van der Waals surface area contributed by atoms with Gasteiger partial charge in [-0.2, -0.15) is 4.31 Å². The molecule has 3 aromatic rings. The zero-order chi connectivity index (χ0) is 21.5. The summed E-state index contributed by atoms with van der Waals surface area (Å²) in [5.41, 5.74) is 1.97. The number of carbonyl (C=O) groups excluding carboxylic acids is 1. The number of fused-ring (bicyclic) bond motifs is 1. The van der Waals surface area contributed by atoms with Gasteiger partial charge in [-0.25, -0.2) is 8.42 Å². The maximum absolute atomic E-state index is 13.2. The lowest BCUT2D eigenvalue weighted by Gasteiger charge is -2.26. The van der Waals surface area contributed by atoms with Crippen molar-refractivity contribution in [3.05, 3.63) is 47.5 Å². The van der Waals surface area contributed by atoms with Gasteiger partial charge in [0.15, 0.2) is 11.5 Å². The fourth-order valence-electron chi connectivity index (χ4n) is 4.18. The van der Waals surface area contributed by atoms with Gasteiger partial charge in [-0.15, -0.1) is 0 Å². The summed E-state index contributed by atoms with van der Waals surface area (Å²) in [5.74, 6) is 0.339. The second-order valence-electron chi connectivity index (χ2n) is 7.74. The van der Waals surface area contributed by atoms with Crippen LogP contribution in [0.4, 0.5) is 0 Å². The predicted octanol–water partition coefficient (Wildman–Crippen LogP) is 2.74. The van der Waals surface area contributed by atoms with Crippen molar-refractivity contribution in [1.29, 1.82) is 0 Å². The normalized spacial score (nSPS) is 17.8. The third-order valence-corrected chi connectivity index (χ3v) is 7.98. The van der Waals surface area contributed by atoms with Gasteiger partial charge in [-0.05, 0) is 33.3 Å². The lowest BCUT2D eigenvalue weighted by atomic mass is 10.0. The number of aromatic nitrogens is 2. The summed E-state index contributed by atoms with van der Waals surface area (Å²) in [6, 6.07) is 7.39. The van der Waals surface area contributed by atoms with Crippen LogP contribution in [0.3, 0.4) is 0 Å². The Morgan fingerprint density at radius 1 is 1.17 bits per heavy atom. The molecule has 30 heavy (non-hydrogen) atoms. The minimum Gasteiger partial charge on any atom is -0.360 e. The van der Waals surface area contributed by atoms with Crippen LogP contribution in [0, 0.1) is 13.8 Å². The van der Waals surface area contributed by atoms with Crippen molar-refractivity contribution in [2.45, 2.75) is 38.1 Å². The van der Waals surface area contributed by atoms with Crippen LogP contribution in [0.5, 0.6) is 0 Å². The third kappa shape index (κ3) is 3.57. The van der Waals surface area contributed by atoms with E-state index in [0.29, 0.717) is 49.6 Å². The molecule has 160 valence electrons. The molecule has 2 aromatic heterocycles. The molecule has 1 fully saturated rings. The van der Waals surface area contributed by atoms with Crippen LogP contribution < -0.4 is 0 Å². The summed E-state index contributed by atoms with van der Waals surface area (Å²) in [7, 11) is -3.68. The standard InChI is InChI=1S/C21H26N4O4S/c1-14-21(16(3)29-23-14)30(27,28)25-10-6-9-24(11-12-25)15(2)20(26)18-13-22-19-8-5-4-7-17(18)19/h4-5,7-8,13,15,22H,6,9-12H2,1-3H3. The van der Waals surface area contributed by atoms with E-state index < -0.39 is 10.0 Å². The highest BCUT2D eigenvalue weighted by atomic mass is 32.2. The highest BCUT2D eigenvalue weighted by Gasteiger charge is 2.34. The molecule has 1 aliphatic heterocycles. The number of para-hydroxylation sites is 1. The van der Waals surface area contributed by atoms with Crippen molar-refractivity contribution >= 4 is 26.7 Å². The average molecular weight is 431 g/mol. The van der Waals surface area contributed by atoms with E-state index in [1.807, 2.05) is 31.2 Å². The van der Waals surface area contributed by atoms with E-state index in [1.54, 1.807) is 20.0 Å². The van der Waals surface area contributed by atoms with Crippen LogP contribution in [0.1, 0.15) is 35.2 Å². The molecule has 0 spiro atoms. The summed E-state index contributed by atoms with van der Waals surface area (Å²) in [4.78, 5) is 18.5. The number of benzene rings is 1. The topological polar surface area (TPSA) is 99.5 Å². The average Bonchev–Trinajstić information content (AvgIpc) is 3.20. The molecule has 1 saturated heterocycles. The smallest absolute Gasteiger partial charge is 0.248 e. The number of aromatic amines is 1. The Balaban J connectivity index is 1.51. The minimum absolute atomic E-state index is 0.0366. The molecule has 1 aliphatic rings. The van der Waals surface area contributed by atoms with E-state index in [1.165, 1.54) is 4.31 Å². The van der Waals surface area contributed by atoms with Crippen LogP contribution >= 0.6 is 0 Å². The molecule has 8 nitrogen and oxygen atoms in total. The van der Waals surface area contributed by atoms with E-state index in [2.05, 4.69) is 15.0 Å². The Morgan fingerprint density at radius 3 is 2.67 bits per heavy atom. The van der Waals surface area contributed by atoms with Gasteiger partial charge in [-0.1, -0.05) is 23.4 Å². The highest BCUT2D eigenvalue weighted by Crippen LogP contribution is 2.25. The number of carbonyl (C=O) groups is 1. The molecule has 0 saturated carbocycles. The van der Waals surface area contributed by atoms with E-state index in [0.717, 1.165) is 10.9 Å². The van der Waals surface area contributed by atoms with Crippen molar-refractivity contribution in [3.63, 3.8) is 0 Å². The third-order valence-electron chi connectivity index (χ3n) is 5.84. The second-order valence-corrected chi connectivity index (χ2v) is 9.61. The van der Waals surface area contributed by atoms with Gasteiger partial charge in [0, 0.05) is 48.8 Å². The van der Waals surface area contributed by atoms with E-state index in [-0.39, 0.29) is 16.7 Å². The number of nitrogens with zero attached hydrogens (tertiary/aromatic N) is 3. The van der Waals surface area contributed by atoms with Gasteiger partial charge in [-0.3, -0.25) is 9.69 Å². The van der Waals surface area contributed by atoms with Crippen LogP contribution in [-0.4, -0.2) is 65.8 Å². The molecule has 0 bridgehead atoms. The summed E-state index contributed by atoms with van der Waals surface area (Å²) in [6.45, 7) is 6.99. The molecular formula is C21H26N4O4S. The molecule has 0 radical (unpaired) electrons. The number of rotatable bonds is 5. The number of Topliss-reactive ketones (excluding diaryl/α,β-unsaturated/α-hetero) is 1. The molecule has 4 rings (SSSR count). The summed E-state index contributed by atoms with van der Waals surface area (Å²) < 4.78 is 32.8. The number of aryl methyl sites for hydroxylation is 2. The van der Waals surface area contributed by atoms with Crippen molar-refractivity contribution in [1.82, 2.24) is 19.3 Å². The fraction of sp³-hybridized carbons (Fsp3) is 0.429. The Hall–Kier alpha value is -2.49. The van der Waals surface area contributed by atoms with Crippen LogP contribution in [-0.2, 0) is 10.0 Å². The monoisotopic (exact) mass is 430 g/mol. The molecule has 0 aliphatic carbocycles. The second kappa shape index (κ2) is 7.98. The molecule has 9 heteroatoms. The maximum Gasteiger partial charge on any atom is 0.248 e. The van der Waals surface area contributed by atoms with Gasteiger partial charge >= 0.3 is 0 Å². The molecule has 1 unspecified atom stereocenters. The molecule has 1 atom stereocenters. The quantitative estimate of drug-likeness (QED) is 0.625. The Labute approximate surface area is 175 Å². The Kier molecular flexibility index (Phi) is 5.52. The van der Waals surface area contributed by atoms with E-state index in [9.17, 15) is 13.2 Å². The van der Waals surface area contributed by atoms with Crippen LogP contribution in [0.15, 0.2) is 39.9 Å². The zero-order valence-electron chi connectivity index (χ0n) is 17.4. The van der Waals surface area contributed by atoms with Crippen molar-refractivity contribution in [2.75, 3.05) is 26.2 Å². The predicted molar refractivity (Wildman–Crippen MR) is 113 cm³/mol. The van der Waals surface area contributed by atoms with Crippen LogP contribution in [0.25, 0.3) is 10.9 Å². The number of H-pyrrole nitrogens is 1. The fourth-order valence-corrected chi connectivity index (χ4v) is 5.94. The van der Waals surface area contributed by atoms with Crippen molar-refractivity contribution in [2.24, 2.45) is 0 Å². The summed E-state index contributed by atoms with van der Waals surface area (Å²) in [6.07, 6.45) is 2.41. The first-order valence-corrected chi connectivity index (χ1v) is 11.5. The Morgan fingerprint density at radius 2 is 1.93 bits per heavy atom. The first-order chi connectivity index (χ1) is 14.3. The molecule has 0 amide bonds. The number of nitrogens with one attached hydrogen (secondary N) is 1. The van der Waals surface area contributed by atoms with Gasteiger partial charge in [0.1, 0.15) is 10.6 Å². The first-order valence-electron chi connectivity index (χ1n) is 10.1. The van der Waals surface area contributed by atoms with Gasteiger partial charge in [0.05, 0.1) is 6.04 Å². The lowest BCUT2D eigenvalue weighted by molar-refractivity contribution is 0.0847. The molecular weight excluding hydrogens is 404 g/mol. The number of hydrogen-bond acceptors (Lipinski definition) is 6. The van der Waals surface area contributed by atoms with Crippen LogP contribution in [0.2, 0.25) is 0 Å². The van der Waals surface area contributed by atoms with Gasteiger partial charge < -0.3 is 9.51 Å². The first kappa shape index (κ1) is 20.8. The minimum atomic E-state index is -3.68. The van der Waals surface area contributed by atoms with Crippen molar-refractivity contribution < 1.29 is 17.7 Å². The number of hydrogen-bond donors (Lipinski definition) is 1. The van der Waals surface area contributed by atoms with E-state index in [4.69, 9.17) is 4.52 Å². The highest BCUT2D eigenvalue weighted by molar-refractivity contribution is 7.89. The molecule has 3 heterocycles. The zero-order valence-corrected chi connectivity index (χ0v) is 18.2. The van der Waals surface area contributed by atoms with Gasteiger partial charge in [0.25, 0.3) is 0 Å². The number of ketones is 1. The summed E-state index contributed by atoms with van der Waals surface area (Å²) >= 11 is 0. The SMILES string of the molecule is Cc1noc(C)c1S(=O)(=O)N1CCCN(C(C)C(=O)c2c[nH]c3ccccc23)CC1. The van der Waals surface area contributed by atoms with E-state index >= 15 is 0 Å². The maximum atomic E-state index is 13.2. The van der Waals surface area contributed by atoms with Crippen molar-refractivity contribution in [3.8, 4) is 0 Å². The molecule has 1 N–H and O–H groups in total.